The average molecular weight is 317 g/mol. The van der Waals surface area contributed by atoms with Crippen LogP contribution in [0.2, 0.25) is 0 Å². The van der Waals surface area contributed by atoms with Crippen molar-refractivity contribution in [2.45, 2.75) is 25.3 Å². The van der Waals surface area contributed by atoms with E-state index in [1.165, 1.54) is 24.3 Å². The normalized spacial score (nSPS) is 16.3. The zero-order valence-corrected chi connectivity index (χ0v) is 12.5. The number of carbonyl (C=O) groups excluding carboxylic acids is 1. The molecule has 1 N–H and O–H groups in total. The summed E-state index contributed by atoms with van der Waals surface area (Å²) in [4.78, 5) is 12.1. The number of ether oxygens (including phenoxy) is 1. The molecule has 1 aliphatic heterocycles. The molecule has 0 aliphatic carbocycles. The number of fused-ring (bicyclic) bond motifs is 1. The van der Waals surface area contributed by atoms with E-state index in [1.807, 2.05) is 0 Å². The second-order valence-corrected chi connectivity index (χ2v) is 5.57. The van der Waals surface area contributed by atoms with Crippen LogP contribution >= 0.6 is 0 Å². The van der Waals surface area contributed by atoms with Gasteiger partial charge in [0.05, 0.1) is 12.6 Å². The lowest BCUT2D eigenvalue weighted by Gasteiger charge is -2.26. The van der Waals surface area contributed by atoms with Crippen LogP contribution in [0.1, 0.15) is 30.0 Å². The Balaban J connectivity index is 1.62. The van der Waals surface area contributed by atoms with E-state index in [-0.39, 0.29) is 30.0 Å². The fraction of sp³-hybridized carbons (Fsp3) is 0.278. The minimum absolute atomic E-state index is 0.142. The summed E-state index contributed by atoms with van der Waals surface area (Å²) < 4.78 is 32.0. The molecule has 0 spiro atoms. The van der Waals surface area contributed by atoms with Crippen molar-refractivity contribution in [1.29, 1.82) is 0 Å². The van der Waals surface area contributed by atoms with Gasteiger partial charge in [-0.3, -0.25) is 4.79 Å². The predicted molar refractivity (Wildman–Crippen MR) is 82.1 cm³/mol. The highest BCUT2D eigenvalue weighted by atomic mass is 19.1. The van der Waals surface area contributed by atoms with Gasteiger partial charge in [0.15, 0.2) is 0 Å². The Labute approximate surface area is 133 Å². The van der Waals surface area contributed by atoms with Crippen LogP contribution in [0.15, 0.2) is 42.5 Å². The van der Waals surface area contributed by atoms with Gasteiger partial charge < -0.3 is 10.1 Å². The lowest BCUT2D eigenvalue weighted by molar-refractivity contribution is -0.122. The maximum absolute atomic E-state index is 13.4. The van der Waals surface area contributed by atoms with Gasteiger partial charge in [-0.15, -0.1) is 0 Å². The van der Waals surface area contributed by atoms with Crippen LogP contribution in [-0.4, -0.2) is 12.5 Å². The molecule has 0 saturated carbocycles. The summed E-state index contributed by atoms with van der Waals surface area (Å²) in [7, 11) is 0. The van der Waals surface area contributed by atoms with Crippen molar-refractivity contribution in [3.05, 3.63) is 65.2 Å². The summed E-state index contributed by atoms with van der Waals surface area (Å²) >= 11 is 0. The van der Waals surface area contributed by atoms with Crippen molar-refractivity contribution in [3.8, 4) is 5.75 Å². The Hall–Kier alpha value is -2.43. The molecule has 1 amide bonds. The summed E-state index contributed by atoms with van der Waals surface area (Å²) in [5.74, 6) is -0.200. The zero-order valence-electron chi connectivity index (χ0n) is 12.5. The quantitative estimate of drug-likeness (QED) is 0.937. The zero-order chi connectivity index (χ0) is 16.2. The topological polar surface area (TPSA) is 38.3 Å². The minimum Gasteiger partial charge on any atom is -0.493 e. The molecule has 1 unspecified atom stereocenters. The van der Waals surface area contributed by atoms with Gasteiger partial charge in [0.25, 0.3) is 0 Å². The number of hydrogen-bond acceptors (Lipinski definition) is 2. The van der Waals surface area contributed by atoms with Crippen LogP contribution in [0.3, 0.4) is 0 Å². The number of aryl methyl sites for hydroxylation is 1. The molecule has 0 bridgehead atoms. The molecule has 2 aromatic rings. The molecule has 0 aromatic heterocycles. The highest BCUT2D eigenvalue weighted by molar-refractivity contribution is 5.77. The highest BCUT2D eigenvalue weighted by Crippen LogP contribution is 2.32. The molecule has 2 aromatic carbocycles. The number of benzene rings is 2. The number of rotatable bonds is 4. The van der Waals surface area contributed by atoms with Crippen molar-refractivity contribution in [1.82, 2.24) is 5.32 Å². The van der Waals surface area contributed by atoms with Crippen LogP contribution in [0.25, 0.3) is 0 Å². The van der Waals surface area contributed by atoms with Gasteiger partial charge in [-0.1, -0.05) is 12.1 Å². The van der Waals surface area contributed by atoms with Crippen molar-refractivity contribution in [3.63, 3.8) is 0 Å². The molecule has 120 valence electrons. The van der Waals surface area contributed by atoms with Crippen molar-refractivity contribution < 1.29 is 18.3 Å². The van der Waals surface area contributed by atoms with Crippen molar-refractivity contribution in [2.24, 2.45) is 0 Å². The molecular formula is C18H17F2NO2. The van der Waals surface area contributed by atoms with E-state index in [1.54, 1.807) is 18.2 Å². The van der Waals surface area contributed by atoms with E-state index in [0.29, 0.717) is 30.8 Å². The molecular weight excluding hydrogens is 300 g/mol. The Kier molecular flexibility index (Phi) is 4.55. The number of nitrogens with one attached hydrogen (secondary N) is 1. The second kappa shape index (κ2) is 6.77. The molecule has 23 heavy (non-hydrogen) atoms. The van der Waals surface area contributed by atoms with E-state index in [2.05, 4.69) is 5.32 Å². The Morgan fingerprint density at radius 2 is 2.00 bits per heavy atom. The first-order chi connectivity index (χ1) is 11.1. The van der Waals surface area contributed by atoms with E-state index in [0.717, 1.165) is 5.56 Å². The van der Waals surface area contributed by atoms with Crippen LogP contribution in [0.4, 0.5) is 8.78 Å². The Morgan fingerprint density at radius 1 is 1.17 bits per heavy atom. The van der Waals surface area contributed by atoms with E-state index >= 15 is 0 Å². The molecule has 3 rings (SSSR count). The predicted octanol–water partition coefficient (Wildman–Crippen LogP) is 3.54. The summed E-state index contributed by atoms with van der Waals surface area (Å²) in [6.07, 6.45) is 1.32. The SMILES string of the molecule is O=C(CCc1cccc(F)c1)NC1CCOc2ccc(F)cc21. The first-order valence-corrected chi connectivity index (χ1v) is 7.58. The van der Waals surface area contributed by atoms with Gasteiger partial charge in [-0.05, 0) is 42.3 Å². The molecule has 3 nitrogen and oxygen atoms in total. The molecule has 5 heteroatoms. The molecule has 1 heterocycles. The van der Waals surface area contributed by atoms with Gasteiger partial charge in [0, 0.05) is 18.4 Å². The lowest BCUT2D eigenvalue weighted by atomic mass is 10.00. The van der Waals surface area contributed by atoms with E-state index in [4.69, 9.17) is 4.74 Å². The highest BCUT2D eigenvalue weighted by Gasteiger charge is 2.23. The summed E-state index contributed by atoms with van der Waals surface area (Å²) in [5.41, 5.74) is 1.44. The fourth-order valence-corrected chi connectivity index (χ4v) is 2.73. The molecule has 1 atom stereocenters. The summed E-state index contributed by atoms with van der Waals surface area (Å²) in [6, 6.07) is 10.3. The average Bonchev–Trinajstić information content (AvgIpc) is 2.54. The summed E-state index contributed by atoms with van der Waals surface area (Å²) in [5, 5.41) is 2.91. The standard InChI is InChI=1S/C18H17F2NO2/c19-13-3-1-2-12(10-13)4-7-18(22)21-16-8-9-23-17-6-5-14(20)11-15(16)17/h1-3,5-6,10-11,16H,4,7-9H2,(H,21,22). The van der Waals surface area contributed by atoms with Crippen LogP contribution < -0.4 is 10.1 Å². The Bertz CT molecular complexity index is 718. The van der Waals surface area contributed by atoms with Gasteiger partial charge >= 0.3 is 0 Å². The van der Waals surface area contributed by atoms with Crippen LogP contribution in [-0.2, 0) is 11.2 Å². The van der Waals surface area contributed by atoms with Crippen molar-refractivity contribution in [2.75, 3.05) is 6.61 Å². The monoisotopic (exact) mass is 317 g/mol. The maximum atomic E-state index is 13.4. The largest absolute Gasteiger partial charge is 0.493 e. The first-order valence-electron chi connectivity index (χ1n) is 7.58. The number of hydrogen-bond donors (Lipinski definition) is 1. The second-order valence-electron chi connectivity index (χ2n) is 5.57. The third kappa shape index (κ3) is 3.86. The molecule has 0 radical (unpaired) electrons. The summed E-state index contributed by atoms with van der Waals surface area (Å²) in [6.45, 7) is 0.480. The molecule has 1 aliphatic rings. The maximum Gasteiger partial charge on any atom is 0.220 e. The van der Waals surface area contributed by atoms with Gasteiger partial charge in [0.2, 0.25) is 5.91 Å². The van der Waals surface area contributed by atoms with Crippen LogP contribution in [0, 0.1) is 11.6 Å². The van der Waals surface area contributed by atoms with Gasteiger partial charge in [0.1, 0.15) is 17.4 Å². The molecule has 0 fully saturated rings. The smallest absolute Gasteiger partial charge is 0.220 e. The van der Waals surface area contributed by atoms with Gasteiger partial charge in [-0.2, -0.15) is 0 Å². The third-order valence-corrected chi connectivity index (χ3v) is 3.88. The number of carbonyl (C=O) groups is 1. The van der Waals surface area contributed by atoms with E-state index < -0.39 is 0 Å². The third-order valence-electron chi connectivity index (χ3n) is 3.88. The van der Waals surface area contributed by atoms with Crippen molar-refractivity contribution >= 4 is 5.91 Å². The van der Waals surface area contributed by atoms with Crippen LogP contribution in [0.5, 0.6) is 5.75 Å². The fourth-order valence-electron chi connectivity index (χ4n) is 2.73. The lowest BCUT2D eigenvalue weighted by Crippen LogP contribution is -2.32. The van der Waals surface area contributed by atoms with E-state index in [9.17, 15) is 13.6 Å². The first kappa shape index (κ1) is 15.5. The van der Waals surface area contributed by atoms with Gasteiger partial charge in [-0.25, -0.2) is 8.78 Å². The number of amides is 1. The number of halogens is 2. The molecule has 0 saturated heterocycles. The Morgan fingerprint density at radius 3 is 2.83 bits per heavy atom. The minimum atomic E-state index is -0.353.